The van der Waals surface area contributed by atoms with Crippen molar-refractivity contribution in [1.82, 2.24) is 14.3 Å². The molecule has 0 atom stereocenters. The number of fused-ring (bicyclic) bond motifs is 1. The molecule has 0 unspecified atom stereocenters. The van der Waals surface area contributed by atoms with Gasteiger partial charge in [0.25, 0.3) is 5.91 Å². The Morgan fingerprint density at radius 1 is 1.39 bits per heavy atom. The minimum Gasteiger partial charge on any atom is -0.481 e. The summed E-state index contributed by atoms with van der Waals surface area (Å²) in [5.41, 5.74) is 2.94. The summed E-state index contributed by atoms with van der Waals surface area (Å²) in [6.45, 7) is 6.39. The van der Waals surface area contributed by atoms with Crippen molar-refractivity contribution in [2.45, 2.75) is 33.6 Å². The van der Waals surface area contributed by atoms with E-state index < -0.39 is 5.97 Å². The van der Waals surface area contributed by atoms with Gasteiger partial charge in [0.05, 0.1) is 16.6 Å². The summed E-state index contributed by atoms with van der Waals surface area (Å²) in [5, 5.41) is 8.85. The predicted molar refractivity (Wildman–Crippen MR) is 90.8 cm³/mol. The van der Waals surface area contributed by atoms with Crippen LogP contribution >= 0.6 is 15.9 Å². The first-order chi connectivity index (χ1) is 10.9. The summed E-state index contributed by atoms with van der Waals surface area (Å²) in [6, 6.07) is 1.96. The number of aromatic nitrogens is 2. The summed E-state index contributed by atoms with van der Waals surface area (Å²) in [7, 11) is 0. The Labute approximate surface area is 143 Å². The molecule has 1 N–H and O–H groups in total. The molecule has 23 heavy (non-hydrogen) atoms. The molecule has 2 aromatic rings. The normalized spacial score (nSPS) is 11.0. The molecular formula is C16H20BrN3O3. The summed E-state index contributed by atoms with van der Waals surface area (Å²) in [4.78, 5) is 29.8. The van der Waals surface area contributed by atoms with Gasteiger partial charge in [-0.2, -0.15) is 0 Å². The van der Waals surface area contributed by atoms with Gasteiger partial charge in [0, 0.05) is 19.3 Å². The maximum atomic E-state index is 12.9. The van der Waals surface area contributed by atoms with E-state index >= 15 is 0 Å². The Bertz CT molecular complexity index is 755. The van der Waals surface area contributed by atoms with Gasteiger partial charge in [0.1, 0.15) is 5.69 Å². The Morgan fingerprint density at radius 2 is 2.09 bits per heavy atom. The second-order valence-electron chi connectivity index (χ2n) is 5.35. The molecule has 1 amide bonds. The van der Waals surface area contributed by atoms with Gasteiger partial charge in [-0.25, -0.2) is 4.98 Å². The molecule has 2 heterocycles. The minimum absolute atomic E-state index is 0.0690. The van der Waals surface area contributed by atoms with E-state index in [1.54, 1.807) is 9.30 Å². The third kappa shape index (κ3) is 3.55. The van der Waals surface area contributed by atoms with Gasteiger partial charge in [-0.1, -0.05) is 6.92 Å². The van der Waals surface area contributed by atoms with Crippen molar-refractivity contribution in [3.63, 3.8) is 0 Å². The lowest BCUT2D eigenvalue weighted by Crippen LogP contribution is -2.34. The largest absolute Gasteiger partial charge is 0.481 e. The fraction of sp³-hybridized carbons (Fsp3) is 0.438. The molecule has 0 aliphatic heterocycles. The molecule has 0 aliphatic rings. The predicted octanol–water partition coefficient (Wildman–Crippen LogP) is 2.90. The Balaban J connectivity index is 2.51. The van der Waals surface area contributed by atoms with Crippen LogP contribution in [0.3, 0.4) is 0 Å². The Hall–Kier alpha value is -1.89. The summed E-state index contributed by atoms with van der Waals surface area (Å²) in [6.07, 6.45) is 2.44. The number of carbonyl (C=O) groups is 2. The van der Waals surface area contributed by atoms with Crippen LogP contribution in [0.4, 0.5) is 0 Å². The monoisotopic (exact) mass is 381 g/mol. The van der Waals surface area contributed by atoms with Gasteiger partial charge in [-0.15, -0.1) is 0 Å². The number of pyridine rings is 1. The average molecular weight is 382 g/mol. The van der Waals surface area contributed by atoms with Gasteiger partial charge < -0.3 is 10.0 Å². The molecule has 7 heteroatoms. The number of nitrogens with zero attached hydrogens (tertiary/aromatic N) is 3. The summed E-state index contributed by atoms with van der Waals surface area (Å²) in [5.74, 6) is -1.10. The number of imidazole rings is 1. The number of rotatable bonds is 6. The van der Waals surface area contributed by atoms with Crippen LogP contribution in [-0.4, -0.2) is 44.4 Å². The van der Waals surface area contributed by atoms with E-state index in [0.717, 1.165) is 15.7 Å². The highest BCUT2D eigenvalue weighted by Crippen LogP contribution is 2.24. The third-order valence-corrected chi connectivity index (χ3v) is 4.27. The van der Waals surface area contributed by atoms with Crippen LogP contribution in [0.1, 0.15) is 42.0 Å². The van der Waals surface area contributed by atoms with Gasteiger partial charge >= 0.3 is 5.97 Å². The van der Waals surface area contributed by atoms with Crippen molar-refractivity contribution < 1.29 is 14.7 Å². The molecule has 0 aromatic carbocycles. The second kappa shape index (κ2) is 7.12. The van der Waals surface area contributed by atoms with Crippen LogP contribution in [0, 0.1) is 6.92 Å². The summed E-state index contributed by atoms with van der Waals surface area (Å²) < 4.78 is 2.63. The van der Waals surface area contributed by atoms with E-state index in [1.807, 2.05) is 33.0 Å². The zero-order valence-electron chi connectivity index (χ0n) is 13.5. The molecular weight excluding hydrogens is 362 g/mol. The van der Waals surface area contributed by atoms with Crippen molar-refractivity contribution >= 4 is 33.5 Å². The number of halogens is 1. The topological polar surface area (TPSA) is 74.9 Å². The highest BCUT2D eigenvalue weighted by molar-refractivity contribution is 9.10. The van der Waals surface area contributed by atoms with Crippen LogP contribution in [0.15, 0.2) is 16.7 Å². The summed E-state index contributed by atoms with van der Waals surface area (Å²) >= 11 is 3.49. The van der Waals surface area contributed by atoms with E-state index in [1.165, 1.54) is 0 Å². The Morgan fingerprint density at radius 3 is 2.65 bits per heavy atom. The van der Waals surface area contributed by atoms with Gasteiger partial charge in [0.15, 0.2) is 5.65 Å². The van der Waals surface area contributed by atoms with E-state index in [0.29, 0.717) is 24.3 Å². The Kier molecular flexibility index (Phi) is 5.41. The number of aliphatic carboxylic acids is 1. The van der Waals surface area contributed by atoms with Crippen LogP contribution < -0.4 is 0 Å². The highest BCUT2D eigenvalue weighted by Gasteiger charge is 2.24. The molecule has 0 saturated carbocycles. The van der Waals surface area contributed by atoms with Crippen LogP contribution in [0.5, 0.6) is 0 Å². The number of hydrogen-bond acceptors (Lipinski definition) is 3. The quantitative estimate of drug-likeness (QED) is 0.834. The van der Waals surface area contributed by atoms with Crippen LogP contribution in [0.2, 0.25) is 0 Å². The van der Waals surface area contributed by atoms with Gasteiger partial charge in [0.2, 0.25) is 0 Å². The van der Waals surface area contributed by atoms with Crippen molar-refractivity contribution in [3.05, 3.63) is 33.7 Å². The van der Waals surface area contributed by atoms with Gasteiger partial charge in [-0.05, 0) is 47.8 Å². The molecule has 0 saturated heterocycles. The molecule has 2 rings (SSSR count). The maximum Gasteiger partial charge on any atom is 0.305 e. The lowest BCUT2D eigenvalue weighted by atomic mass is 10.2. The second-order valence-corrected chi connectivity index (χ2v) is 6.20. The number of carboxylic acid groups (broad SMARTS) is 1. The molecule has 0 bridgehead atoms. The van der Waals surface area contributed by atoms with Crippen LogP contribution in [-0.2, 0) is 11.2 Å². The van der Waals surface area contributed by atoms with Crippen LogP contribution in [0.25, 0.3) is 5.65 Å². The number of amides is 1. The third-order valence-electron chi connectivity index (χ3n) is 3.69. The van der Waals surface area contributed by atoms with E-state index in [9.17, 15) is 9.59 Å². The molecule has 0 aliphatic carbocycles. The smallest absolute Gasteiger partial charge is 0.305 e. The number of carboxylic acids is 1. The molecule has 6 nitrogen and oxygen atoms in total. The fourth-order valence-electron chi connectivity index (χ4n) is 2.54. The van der Waals surface area contributed by atoms with Crippen molar-refractivity contribution in [1.29, 1.82) is 0 Å². The average Bonchev–Trinajstić information content (AvgIpc) is 2.86. The molecule has 124 valence electrons. The zero-order chi connectivity index (χ0) is 17.1. The lowest BCUT2D eigenvalue weighted by Gasteiger charge is -2.20. The standard InChI is InChI=1S/C16H20BrN3O3/c1-4-12-14(16(23)19(5-2)7-6-13(21)22)20-9-10(3)8-11(17)15(20)18-12/h8-9H,4-7H2,1-3H3,(H,21,22). The number of carbonyl (C=O) groups excluding carboxylic acids is 1. The first kappa shape index (κ1) is 17.5. The van der Waals surface area contributed by atoms with Crippen molar-refractivity contribution in [2.75, 3.05) is 13.1 Å². The lowest BCUT2D eigenvalue weighted by molar-refractivity contribution is -0.137. The fourth-order valence-corrected chi connectivity index (χ4v) is 3.18. The number of hydrogen-bond donors (Lipinski definition) is 1. The molecule has 0 fully saturated rings. The minimum atomic E-state index is -0.913. The SMILES string of the molecule is CCc1nc2c(Br)cc(C)cn2c1C(=O)N(CC)CCC(=O)O. The maximum absolute atomic E-state index is 12.9. The van der Waals surface area contributed by atoms with Gasteiger partial charge in [-0.3, -0.25) is 14.0 Å². The van der Waals surface area contributed by atoms with Crippen molar-refractivity contribution in [2.24, 2.45) is 0 Å². The molecule has 2 aromatic heterocycles. The number of aryl methyl sites for hydroxylation is 2. The van der Waals surface area contributed by atoms with E-state index in [2.05, 4.69) is 20.9 Å². The first-order valence-corrected chi connectivity index (χ1v) is 8.36. The molecule has 0 radical (unpaired) electrons. The van der Waals surface area contributed by atoms with Crippen molar-refractivity contribution in [3.8, 4) is 0 Å². The zero-order valence-corrected chi connectivity index (χ0v) is 15.1. The molecule has 0 spiro atoms. The van der Waals surface area contributed by atoms with E-state index in [4.69, 9.17) is 5.11 Å². The van der Waals surface area contributed by atoms with E-state index in [-0.39, 0.29) is 18.9 Å². The highest BCUT2D eigenvalue weighted by atomic mass is 79.9. The first-order valence-electron chi connectivity index (χ1n) is 7.57.